The lowest BCUT2D eigenvalue weighted by atomic mass is 9.49. The molecule has 0 spiro atoms. The van der Waals surface area contributed by atoms with Gasteiger partial charge in [-0.3, -0.25) is 0 Å². The monoisotopic (exact) mass is 502 g/mol. The lowest BCUT2D eigenvalue weighted by Crippen LogP contribution is -2.64. The van der Waals surface area contributed by atoms with Crippen molar-refractivity contribution in [2.45, 2.75) is 128 Å². The van der Waals surface area contributed by atoms with Crippen molar-refractivity contribution < 1.29 is 30.6 Å². The zero-order chi connectivity index (χ0) is 25.9. The number of aliphatic hydroxyl groups is 6. The Balaban J connectivity index is 3.00. The SMILES string of the molecule is OCC1(CO)CCCCCCCCCCCCCCCCCCCCC(CO)(CO)C1(CO)CO. The van der Waals surface area contributed by atoms with Crippen molar-refractivity contribution in [3.05, 3.63) is 0 Å². The van der Waals surface area contributed by atoms with E-state index in [0.717, 1.165) is 38.5 Å². The van der Waals surface area contributed by atoms with Crippen LogP contribution in [0.1, 0.15) is 128 Å². The van der Waals surface area contributed by atoms with Gasteiger partial charge in [-0.05, 0) is 12.8 Å². The Morgan fingerprint density at radius 3 is 0.657 bits per heavy atom. The molecule has 0 unspecified atom stereocenters. The summed E-state index contributed by atoms with van der Waals surface area (Å²) in [5.74, 6) is 0. The van der Waals surface area contributed by atoms with Crippen molar-refractivity contribution in [1.29, 1.82) is 0 Å². The topological polar surface area (TPSA) is 121 Å². The van der Waals surface area contributed by atoms with Gasteiger partial charge in [-0.25, -0.2) is 0 Å². The predicted octanol–water partition coefficient (Wildman–Crippen LogP) is 4.72. The van der Waals surface area contributed by atoms with Crippen LogP contribution in [0.3, 0.4) is 0 Å². The molecule has 210 valence electrons. The van der Waals surface area contributed by atoms with E-state index in [-0.39, 0.29) is 0 Å². The van der Waals surface area contributed by atoms with Crippen LogP contribution in [0.2, 0.25) is 0 Å². The average molecular weight is 503 g/mol. The number of rotatable bonds is 6. The quantitative estimate of drug-likeness (QED) is 0.313. The van der Waals surface area contributed by atoms with E-state index >= 15 is 0 Å². The summed E-state index contributed by atoms with van der Waals surface area (Å²) >= 11 is 0. The van der Waals surface area contributed by atoms with E-state index in [0.29, 0.717) is 12.8 Å². The standard InChI is InChI=1S/C29H58O6/c30-21-27(22-31)19-17-15-13-11-9-7-5-3-1-2-4-6-8-10-12-14-16-18-20-28(23-32,24-33)29(27,25-34)26-35/h30-35H,1-26H2. The molecule has 6 nitrogen and oxygen atoms in total. The van der Waals surface area contributed by atoms with E-state index in [1.165, 1.54) is 77.0 Å². The van der Waals surface area contributed by atoms with Crippen LogP contribution >= 0.6 is 0 Å². The summed E-state index contributed by atoms with van der Waals surface area (Å²) in [5.41, 5.74) is -3.75. The zero-order valence-electron chi connectivity index (χ0n) is 22.6. The summed E-state index contributed by atoms with van der Waals surface area (Å²) < 4.78 is 0. The summed E-state index contributed by atoms with van der Waals surface area (Å²) in [4.78, 5) is 0. The summed E-state index contributed by atoms with van der Waals surface area (Å²) in [5, 5.41) is 63.3. The van der Waals surface area contributed by atoms with Gasteiger partial charge in [-0.1, -0.05) is 116 Å². The minimum atomic E-state index is -1.39. The molecule has 6 N–H and O–H groups in total. The first-order valence-electron chi connectivity index (χ1n) is 14.7. The first kappa shape index (κ1) is 32.8. The minimum absolute atomic E-state index is 0.410. The molecular formula is C29H58O6. The molecule has 0 aromatic heterocycles. The highest BCUT2D eigenvalue weighted by atomic mass is 16.3. The number of hydrogen-bond donors (Lipinski definition) is 6. The molecule has 0 amide bonds. The smallest absolute Gasteiger partial charge is 0.0523 e. The van der Waals surface area contributed by atoms with E-state index in [9.17, 15) is 30.6 Å². The van der Waals surface area contributed by atoms with E-state index < -0.39 is 55.9 Å². The maximum absolute atomic E-state index is 10.6. The van der Waals surface area contributed by atoms with Gasteiger partial charge in [-0.2, -0.15) is 0 Å². The van der Waals surface area contributed by atoms with Crippen molar-refractivity contribution in [2.75, 3.05) is 39.6 Å². The fourth-order valence-electron chi connectivity index (χ4n) is 6.54. The van der Waals surface area contributed by atoms with E-state index in [1.807, 2.05) is 0 Å². The Kier molecular flexibility index (Phi) is 17.7. The van der Waals surface area contributed by atoms with Crippen molar-refractivity contribution >= 4 is 0 Å². The lowest BCUT2D eigenvalue weighted by molar-refractivity contribution is -0.214. The molecule has 0 bridgehead atoms. The summed E-state index contributed by atoms with van der Waals surface area (Å²) in [6.45, 7) is -2.66. The minimum Gasteiger partial charge on any atom is -0.396 e. The van der Waals surface area contributed by atoms with Gasteiger partial charge >= 0.3 is 0 Å². The van der Waals surface area contributed by atoms with Crippen LogP contribution in [0.25, 0.3) is 0 Å². The van der Waals surface area contributed by atoms with Gasteiger partial charge in [0.2, 0.25) is 0 Å². The Morgan fingerprint density at radius 2 is 0.486 bits per heavy atom. The average Bonchev–Trinajstić information content (AvgIpc) is 2.89. The molecule has 1 rings (SSSR count). The third-order valence-electron chi connectivity index (χ3n) is 9.34. The van der Waals surface area contributed by atoms with E-state index in [1.54, 1.807) is 0 Å². The zero-order valence-corrected chi connectivity index (χ0v) is 22.6. The fourth-order valence-corrected chi connectivity index (χ4v) is 6.54. The van der Waals surface area contributed by atoms with Gasteiger partial charge in [0, 0.05) is 16.2 Å². The molecule has 1 fully saturated rings. The molecule has 0 aromatic rings. The predicted molar refractivity (Wildman–Crippen MR) is 142 cm³/mol. The van der Waals surface area contributed by atoms with Crippen molar-refractivity contribution in [3.8, 4) is 0 Å². The van der Waals surface area contributed by atoms with E-state index in [2.05, 4.69) is 0 Å². The summed E-state index contributed by atoms with van der Waals surface area (Å²) in [7, 11) is 0. The first-order chi connectivity index (χ1) is 17.1. The molecule has 1 saturated carbocycles. The normalized spacial score (nSPS) is 24.5. The van der Waals surface area contributed by atoms with Gasteiger partial charge in [0.1, 0.15) is 0 Å². The molecule has 0 aliphatic heterocycles. The molecule has 1 aliphatic rings. The highest BCUT2D eigenvalue weighted by Crippen LogP contribution is 2.56. The Morgan fingerprint density at radius 1 is 0.286 bits per heavy atom. The molecule has 0 saturated heterocycles. The third kappa shape index (κ3) is 9.22. The fraction of sp³-hybridized carbons (Fsp3) is 1.00. The van der Waals surface area contributed by atoms with Crippen LogP contribution in [0.15, 0.2) is 0 Å². The molecule has 0 heterocycles. The van der Waals surface area contributed by atoms with Crippen molar-refractivity contribution in [3.63, 3.8) is 0 Å². The Labute approximate surface area is 215 Å². The first-order valence-corrected chi connectivity index (χ1v) is 14.7. The molecule has 0 atom stereocenters. The van der Waals surface area contributed by atoms with Crippen molar-refractivity contribution in [1.82, 2.24) is 0 Å². The Hall–Kier alpha value is -0.240. The second-order valence-electron chi connectivity index (χ2n) is 11.5. The maximum Gasteiger partial charge on any atom is 0.0523 e. The number of aliphatic hydroxyl groups excluding tert-OH is 6. The third-order valence-corrected chi connectivity index (χ3v) is 9.34. The van der Waals surface area contributed by atoms with Crippen LogP contribution in [0.4, 0.5) is 0 Å². The van der Waals surface area contributed by atoms with Crippen LogP contribution in [-0.2, 0) is 0 Å². The number of hydrogen-bond acceptors (Lipinski definition) is 6. The largest absolute Gasteiger partial charge is 0.396 e. The van der Waals surface area contributed by atoms with Crippen LogP contribution in [0.5, 0.6) is 0 Å². The maximum atomic E-state index is 10.6. The second kappa shape index (κ2) is 18.9. The van der Waals surface area contributed by atoms with Gasteiger partial charge < -0.3 is 30.6 Å². The molecule has 0 aromatic carbocycles. The highest BCUT2D eigenvalue weighted by molar-refractivity contribution is 5.08. The lowest BCUT2D eigenvalue weighted by Gasteiger charge is -2.57. The van der Waals surface area contributed by atoms with Crippen LogP contribution < -0.4 is 0 Å². The van der Waals surface area contributed by atoms with Gasteiger partial charge in [-0.15, -0.1) is 0 Å². The molecule has 6 heteroatoms. The summed E-state index contributed by atoms with van der Waals surface area (Å²) in [6, 6.07) is 0. The molecule has 35 heavy (non-hydrogen) atoms. The van der Waals surface area contributed by atoms with Gasteiger partial charge in [0.05, 0.1) is 39.6 Å². The Bertz CT molecular complexity index is 446. The second-order valence-corrected chi connectivity index (χ2v) is 11.5. The van der Waals surface area contributed by atoms with Crippen LogP contribution in [0, 0.1) is 16.2 Å². The van der Waals surface area contributed by atoms with Gasteiger partial charge in [0.15, 0.2) is 0 Å². The molecule has 1 aliphatic carbocycles. The van der Waals surface area contributed by atoms with E-state index in [4.69, 9.17) is 0 Å². The van der Waals surface area contributed by atoms with Crippen LogP contribution in [-0.4, -0.2) is 70.3 Å². The molecular weight excluding hydrogens is 444 g/mol. The molecule has 0 radical (unpaired) electrons. The van der Waals surface area contributed by atoms with Gasteiger partial charge in [0.25, 0.3) is 0 Å². The highest BCUT2D eigenvalue weighted by Gasteiger charge is 2.61. The summed E-state index contributed by atoms with van der Waals surface area (Å²) in [6.07, 6.45) is 21.9. The van der Waals surface area contributed by atoms with Crippen molar-refractivity contribution in [2.24, 2.45) is 16.2 Å².